The van der Waals surface area contributed by atoms with Crippen LogP contribution in [0.15, 0.2) is 65.6 Å². The Hall–Kier alpha value is -3.35. The lowest BCUT2D eigenvalue weighted by Crippen LogP contribution is -2.29. The van der Waals surface area contributed by atoms with Crippen LogP contribution in [0.2, 0.25) is 0 Å². The zero-order valence-corrected chi connectivity index (χ0v) is 13.4. The molecule has 1 N–H and O–H groups in total. The van der Waals surface area contributed by atoms with E-state index in [9.17, 15) is 22.8 Å². The fraction of sp³-hybridized carbons (Fsp3) is 0.0526. The van der Waals surface area contributed by atoms with E-state index in [2.05, 4.69) is 5.32 Å². The maximum Gasteiger partial charge on any atom is 0.263 e. The number of aromatic nitrogens is 1. The number of amides is 1. The highest BCUT2D eigenvalue weighted by atomic mass is 19.2. The van der Waals surface area contributed by atoms with Crippen molar-refractivity contribution in [3.63, 3.8) is 0 Å². The molecule has 132 valence electrons. The van der Waals surface area contributed by atoms with Crippen molar-refractivity contribution in [1.29, 1.82) is 0 Å². The van der Waals surface area contributed by atoms with Crippen molar-refractivity contribution in [3.8, 4) is 0 Å². The topological polar surface area (TPSA) is 51.1 Å². The number of halogens is 3. The largest absolute Gasteiger partial charge is 0.322 e. The monoisotopic (exact) mass is 358 g/mol. The molecular formula is C19H13F3N2O2. The van der Waals surface area contributed by atoms with Crippen molar-refractivity contribution < 1.29 is 18.0 Å². The molecule has 0 aliphatic carbocycles. The molecule has 26 heavy (non-hydrogen) atoms. The van der Waals surface area contributed by atoms with Crippen molar-refractivity contribution in [2.75, 3.05) is 5.32 Å². The Kier molecular flexibility index (Phi) is 4.88. The number of rotatable bonds is 4. The molecule has 0 aliphatic rings. The molecule has 7 heteroatoms. The molecule has 1 amide bonds. The van der Waals surface area contributed by atoms with Gasteiger partial charge in [-0.15, -0.1) is 0 Å². The van der Waals surface area contributed by atoms with Gasteiger partial charge in [0, 0.05) is 23.5 Å². The van der Waals surface area contributed by atoms with Gasteiger partial charge in [-0.05, 0) is 30.3 Å². The number of nitrogens with zero attached hydrogens (tertiary/aromatic N) is 1. The number of carbonyl (C=O) groups excluding carboxylic acids is 1. The Morgan fingerprint density at radius 2 is 1.69 bits per heavy atom. The van der Waals surface area contributed by atoms with Gasteiger partial charge in [-0.2, -0.15) is 0 Å². The van der Waals surface area contributed by atoms with Gasteiger partial charge in [-0.3, -0.25) is 9.59 Å². The van der Waals surface area contributed by atoms with Gasteiger partial charge in [-0.25, -0.2) is 13.2 Å². The first-order chi connectivity index (χ1) is 12.5. The fourth-order valence-electron chi connectivity index (χ4n) is 2.42. The molecule has 1 heterocycles. The number of hydrogen-bond acceptors (Lipinski definition) is 2. The first-order valence-electron chi connectivity index (χ1n) is 7.65. The predicted molar refractivity (Wildman–Crippen MR) is 90.5 cm³/mol. The van der Waals surface area contributed by atoms with Crippen LogP contribution in [0, 0.1) is 17.5 Å². The summed E-state index contributed by atoms with van der Waals surface area (Å²) in [7, 11) is 0. The Morgan fingerprint density at radius 1 is 0.923 bits per heavy atom. The minimum absolute atomic E-state index is 0.0119. The van der Waals surface area contributed by atoms with Gasteiger partial charge in [0.2, 0.25) is 0 Å². The van der Waals surface area contributed by atoms with E-state index in [0.29, 0.717) is 5.56 Å². The first kappa shape index (κ1) is 17.5. The lowest BCUT2D eigenvalue weighted by Gasteiger charge is -2.10. The lowest BCUT2D eigenvalue weighted by atomic mass is 10.2. The van der Waals surface area contributed by atoms with Gasteiger partial charge < -0.3 is 9.88 Å². The molecule has 0 unspecified atom stereocenters. The van der Waals surface area contributed by atoms with Crippen LogP contribution in [0.3, 0.4) is 0 Å². The van der Waals surface area contributed by atoms with Crippen LogP contribution in [0.25, 0.3) is 0 Å². The van der Waals surface area contributed by atoms with E-state index in [4.69, 9.17) is 0 Å². The molecule has 3 aromatic rings. The Balaban J connectivity index is 1.86. The SMILES string of the molecule is O=C(Nc1ccc(F)c(F)c1)c1cccn(Cc2ccccc2F)c1=O. The van der Waals surface area contributed by atoms with Crippen molar-refractivity contribution in [1.82, 2.24) is 4.57 Å². The second-order valence-corrected chi connectivity index (χ2v) is 5.53. The Morgan fingerprint density at radius 3 is 2.42 bits per heavy atom. The standard InChI is InChI=1S/C19H13F3N2O2/c20-15-6-2-1-4-12(15)11-24-9-3-5-14(19(24)26)18(25)23-13-7-8-16(21)17(22)10-13/h1-10H,11H2,(H,23,25). The second-order valence-electron chi connectivity index (χ2n) is 5.53. The third-order valence-electron chi connectivity index (χ3n) is 3.74. The summed E-state index contributed by atoms with van der Waals surface area (Å²) in [4.78, 5) is 24.8. The smallest absolute Gasteiger partial charge is 0.263 e. The summed E-state index contributed by atoms with van der Waals surface area (Å²) in [6, 6.07) is 11.6. The van der Waals surface area contributed by atoms with Crippen LogP contribution in [-0.2, 0) is 6.54 Å². The molecule has 0 saturated carbocycles. The van der Waals surface area contributed by atoms with Gasteiger partial charge in [0.05, 0.1) is 6.54 Å². The fourth-order valence-corrected chi connectivity index (χ4v) is 2.42. The summed E-state index contributed by atoms with van der Waals surface area (Å²) in [5.74, 6) is -3.40. The normalized spacial score (nSPS) is 10.6. The number of anilines is 1. The molecule has 3 rings (SSSR count). The van der Waals surface area contributed by atoms with E-state index in [-0.39, 0.29) is 17.8 Å². The Labute approximate surface area is 146 Å². The van der Waals surface area contributed by atoms with Crippen LogP contribution in [-0.4, -0.2) is 10.5 Å². The molecule has 0 atom stereocenters. The minimum Gasteiger partial charge on any atom is -0.322 e. The molecule has 0 aliphatic heterocycles. The highest BCUT2D eigenvalue weighted by molar-refractivity contribution is 6.03. The van der Waals surface area contributed by atoms with Crippen LogP contribution in [0.5, 0.6) is 0 Å². The van der Waals surface area contributed by atoms with Crippen molar-refractivity contribution in [2.45, 2.75) is 6.54 Å². The summed E-state index contributed by atoms with van der Waals surface area (Å²) < 4.78 is 41.1. The summed E-state index contributed by atoms with van der Waals surface area (Å²) in [5.41, 5.74) is -0.519. The molecule has 2 aromatic carbocycles. The maximum atomic E-state index is 13.8. The second kappa shape index (κ2) is 7.26. The van der Waals surface area contributed by atoms with Crippen molar-refractivity contribution >= 4 is 11.6 Å². The molecule has 1 aromatic heterocycles. The third kappa shape index (κ3) is 3.66. The van der Waals surface area contributed by atoms with E-state index < -0.39 is 28.9 Å². The van der Waals surface area contributed by atoms with Crippen LogP contribution in [0.4, 0.5) is 18.9 Å². The highest BCUT2D eigenvalue weighted by Gasteiger charge is 2.14. The van der Waals surface area contributed by atoms with E-state index in [0.717, 1.165) is 12.1 Å². The molecule has 0 radical (unpaired) electrons. The maximum absolute atomic E-state index is 13.8. The number of carbonyl (C=O) groups is 1. The summed E-state index contributed by atoms with van der Waals surface area (Å²) in [5, 5.41) is 2.34. The molecule has 0 bridgehead atoms. The molecule has 4 nitrogen and oxygen atoms in total. The van der Waals surface area contributed by atoms with Gasteiger partial charge in [0.1, 0.15) is 11.4 Å². The quantitative estimate of drug-likeness (QED) is 0.775. The molecule has 0 spiro atoms. The third-order valence-corrected chi connectivity index (χ3v) is 3.74. The Bertz CT molecular complexity index is 1030. The van der Waals surface area contributed by atoms with Gasteiger partial charge in [-0.1, -0.05) is 18.2 Å². The first-order valence-corrected chi connectivity index (χ1v) is 7.65. The molecule has 0 fully saturated rings. The van der Waals surface area contributed by atoms with E-state index >= 15 is 0 Å². The molecular weight excluding hydrogens is 345 g/mol. The number of hydrogen-bond donors (Lipinski definition) is 1. The van der Waals surface area contributed by atoms with Gasteiger partial charge in [0.25, 0.3) is 11.5 Å². The average Bonchev–Trinajstić information content (AvgIpc) is 2.61. The number of pyridine rings is 1. The van der Waals surface area contributed by atoms with Gasteiger partial charge >= 0.3 is 0 Å². The van der Waals surface area contributed by atoms with Crippen LogP contribution >= 0.6 is 0 Å². The van der Waals surface area contributed by atoms with E-state index in [1.54, 1.807) is 6.07 Å². The number of benzene rings is 2. The summed E-state index contributed by atoms with van der Waals surface area (Å²) in [6.07, 6.45) is 1.43. The minimum atomic E-state index is -1.12. The van der Waals surface area contributed by atoms with E-state index in [1.807, 2.05) is 0 Å². The van der Waals surface area contributed by atoms with Crippen LogP contribution < -0.4 is 10.9 Å². The lowest BCUT2D eigenvalue weighted by molar-refractivity contribution is 0.102. The zero-order chi connectivity index (χ0) is 18.7. The predicted octanol–water partition coefficient (Wildman–Crippen LogP) is 3.57. The van der Waals surface area contributed by atoms with Gasteiger partial charge in [0.15, 0.2) is 11.6 Å². The highest BCUT2D eigenvalue weighted by Crippen LogP contribution is 2.14. The summed E-state index contributed by atoms with van der Waals surface area (Å²) in [6.45, 7) is -0.0438. The van der Waals surface area contributed by atoms with E-state index in [1.165, 1.54) is 47.2 Å². The van der Waals surface area contributed by atoms with Crippen molar-refractivity contribution in [2.24, 2.45) is 0 Å². The zero-order valence-electron chi connectivity index (χ0n) is 13.4. The van der Waals surface area contributed by atoms with Crippen LogP contribution in [0.1, 0.15) is 15.9 Å². The number of nitrogens with one attached hydrogen (secondary N) is 1. The average molecular weight is 358 g/mol. The summed E-state index contributed by atoms with van der Waals surface area (Å²) >= 11 is 0. The molecule has 0 saturated heterocycles. The van der Waals surface area contributed by atoms with Crippen molar-refractivity contribution in [3.05, 3.63) is 99.7 Å².